The van der Waals surface area contributed by atoms with Gasteiger partial charge in [0, 0.05) is 166 Å². The molecule has 9 fully saturated rings. The number of piperazine rings is 2. The Morgan fingerprint density at radius 3 is 1.49 bits per heavy atom. The van der Waals surface area contributed by atoms with Crippen LogP contribution in [0.25, 0.3) is 0 Å². The van der Waals surface area contributed by atoms with Crippen molar-refractivity contribution in [2.45, 2.75) is 180 Å². The van der Waals surface area contributed by atoms with E-state index in [9.17, 15) is 9.90 Å². The van der Waals surface area contributed by atoms with E-state index in [0.717, 1.165) is 110 Å². The van der Waals surface area contributed by atoms with E-state index in [2.05, 4.69) is 127 Å². The van der Waals surface area contributed by atoms with E-state index < -0.39 is 0 Å². The number of hydrogen-bond donors (Lipinski definition) is 4. The topological polar surface area (TPSA) is 115 Å². The number of Topliss-reactive ketones (excluding diaryl/α,β-unsaturated/α-hetero) is 1. The standard InChI is InChI=1S/C11H20N2O.3C10H20N2O.C8H18N2/c1-9(2)13-7-4-11(5-8-13)10(14)3-6-12-11;2*1-8(2)12-5-3-10-9(7-12)11-4-6-13-10;1-8(2)11-3-4-12-7-10(13)5-9(12)6-11;1-8(2)10-6-4-9(3)5-7-10/h9,12H,3-8H2,1-2H3;2*8-11H,3-7H2,1-2H3;8-10,13H,3-7H2,1-2H3;8H,4-7H2,1-3H3/t;2*9-,10-;9-,10+;/m.100./s1. The van der Waals surface area contributed by atoms with Crippen LogP contribution in [0.15, 0.2) is 0 Å². The SMILES string of the molecule is CC(C)N1CCC2(CC1)NCCC2=O.CC(C)N1CCN(C)CC1.CC(C)N1CCN2C[C@H](O)C[C@H]2C1.CC(C)N1CC[C@@H]2OCCN[C@H]2C1.CC(C)N1CC[C@H]2OCCN[C@@H]2C1. The van der Waals surface area contributed by atoms with Gasteiger partial charge in [-0.1, -0.05) is 0 Å². The normalized spacial score (nSPS) is 32.6. The molecule has 1 spiro atoms. The Labute approximate surface area is 385 Å². The molecule has 9 aliphatic rings. The van der Waals surface area contributed by atoms with E-state index >= 15 is 0 Å². The highest BCUT2D eigenvalue weighted by molar-refractivity contribution is 5.90. The number of likely N-dealkylation sites (tertiary alicyclic amines) is 3. The second-order valence-electron chi connectivity index (χ2n) is 21.6. The molecule has 14 heteroatoms. The van der Waals surface area contributed by atoms with Gasteiger partial charge in [0.15, 0.2) is 5.78 Å². The number of hydrogen-bond acceptors (Lipinski definition) is 14. The van der Waals surface area contributed by atoms with Crippen molar-refractivity contribution in [3.8, 4) is 0 Å². The van der Waals surface area contributed by atoms with Crippen LogP contribution in [-0.4, -0.2) is 249 Å². The van der Waals surface area contributed by atoms with Gasteiger partial charge in [-0.15, -0.1) is 0 Å². The van der Waals surface area contributed by atoms with Gasteiger partial charge in [0.1, 0.15) is 0 Å². The molecule has 9 saturated heterocycles. The van der Waals surface area contributed by atoms with Gasteiger partial charge in [0.25, 0.3) is 0 Å². The first-order valence-electron chi connectivity index (χ1n) is 25.8. The minimum atomic E-state index is -0.134. The highest BCUT2D eigenvalue weighted by Crippen LogP contribution is 2.29. The number of ketones is 1. The predicted molar refractivity (Wildman–Crippen MR) is 259 cm³/mol. The summed E-state index contributed by atoms with van der Waals surface area (Å²) < 4.78 is 11.4. The van der Waals surface area contributed by atoms with Gasteiger partial charge in [-0.25, -0.2) is 0 Å². The fraction of sp³-hybridized carbons (Fsp3) is 0.980. The predicted octanol–water partition coefficient (Wildman–Crippen LogP) is 2.49. The molecule has 9 heterocycles. The summed E-state index contributed by atoms with van der Waals surface area (Å²) in [5.41, 5.74) is -0.134. The van der Waals surface area contributed by atoms with Gasteiger partial charge < -0.3 is 40.3 Å². The molecule has 0 saturated carbocycles. The molecule has 0 radical (unpaired) electrons. The molecule has 4 N–H and O–H groups in total. The summed E-state index contributed by atoms with van der Waals surface area (Å²) in [5.74, 6) is 0.445. The van der Waals surface area contributed by atoms with Gasteiger partial charge in [0.05, 0.1) is 37.1 Å². The number of ether oxygens (including phenoxy) is 2. The van der Waals surface area contributed by atoms with E-state index in [-0.39, 0.29) is 11.6 Å². The van der Waals surface area contributed by atoms with Crippen LogP contribution in [0.3, 0.4) is 0 Å². The smallest absolute Gasteiger partial charge is 0.154 e. The average molecular weight is 891 g/mol. The van der Waals surface area contributed by atoms with E-state index in [1.54, 1.807) is 0 Å². The van der Waals surface area contributed by atoms with Crippen molar-refractivity contribution < 1.29 is 19.4 Å². The van der Waals surface area contributed by atoms with Crippen molar-refractivity contribution in [2.24, 2.45) is 0 Å². The summed E-state index contributed by atoms with van der Waals surface area (Å²) in [7, 11) is 2.19. The minimum Gasteiger partial charge on any atom is -0.392 e. The summed E-state index contributed by atoms with van der Waals surface area (Å²) in [6.07, 6.45) is 6.98. The Hall–Kier alpha value is -0.850. The maximum Gasteiger partial charge on any atom is 0.154 e. The van der Waals surface area contributed by atoms with Crippen molar-refractivity contribution >= 4 is 5.78 Å². The molecule has 63 heavy (non-hydrogen) atoms. The van der Waals surface area contributed by atoms with E-state index in [4.69, 9.17) is 9.47 Å². The number of rotatable bonds is 5. The summed E-state index contributed by atoms with van der Waals surface area (Å²) >= 11 is 0. The van der Waals surface area contributed by atoms with E-state index in [1.807, 2.05) is 0 Å². The number of aliphatic hydroxyl groups excluding tert-OH is 1. The molecule has 0 aliphatic carbocycles. The van der Waals surface area contributed by atoms with Crippen LogP contribution in [0.1, 0.15) is 108 Å². The van der Waals surface area contributed by atoms with Gasteiger partial charge >= 0.3 is 0 Å². The lowest BCUT2D eigenvalue weighted by Crippen LogP contribution is -2.59. The molecule has 0 unspecified atom stereocenters. The Balaban J connectivity index is 0.000000149. The molecule has 14 nitrogen and oxygen atoms in total. The summed E-state index contributed by atoms with van der Waals surface area (Å²) in [6.45, 7) is 43.4. The third-order valence-electron chi connectivity index (χ3n) is 15.7. The highest BCUT2D eigenvalue weighted by atomic mass is 16.5. The van der Waals surface area contributed by atoms with Gasteiger partial charge in [-0.05, 0) is 108 Å². The second kappa shape index (κ2) is 26.1. The average Bonchev–Trinajstić information content (AvgIpc) is 3.83. The monoisotopic (exact) mass is 891 g/mol. The number of morpholine rings is 2. The fourth-order valence-electron chi connectivity index (χ4n) is 11.0. The van der Waals surface area contributed by atoms with Gasteiger partial charge in [-0.3, -0.25) is 29.3 Å². The molecule has 9 aliphatic heterocycles. The first-order valence-corrected chi connectivity index (χ1v) is 25.8. The van der Waals surface area contributed by atoms with Crippen LogP contribution in [0.5, 0.6) is 0 Å². The molecule has 0 bridgehead atoms. The number of carbonyl (C=O) groups is 1. The lowest BCUT2D eigenvalue weighted by Gasteiger charge is -2.43. The molecule has 368 valence electrons. The number of aliphatic hydroxyl groups is 1. The largest absolute Gasteiger partial charge is 0.392 e. The lowest BCUT2D eigenvalue weighted by atomic mass is 9.85. The number of likely N-dealkylation sites (N-methyl/N-ethyl adjacent to an activating group) is 1. The third-order valence-corrected chi connectivity index (χ3v) is 15.7. The molecular weight excluding hydrogens is 793 g/mol. The van der Waals surface area contributed by atoms with Crippen LogP contribution in [-0.2, 0) is 14.3 Å². The Bertz CT molecular complexity index is 1220. The van der Waals surface area contributed by atoms with E-state index in [0.29, 0.717) is 60.3 Å². The minimum absolute atomic E-state index is 0.0721. The number of fused-ring (bicyclic) bond motifs is 3. The quantitative estimate of drug-likeness (QED) is 0.325. The number of nitrogens with one attached hydrogen (secondary N) is 3. The first kappa shape index (κ1) is 53.1. The molecule has 0 aromatic carbocycles. The Kier molecular flexibility index (Phi) is 22.0. The highest BCUT2D eigenvalue weighted by Gasteiger charge is 2.44. The Morgan fingerprint density at radius 2 is 1.03 bits per heavy atom. The summed E-state index contributed by atoms with van der Waals surface area (Å²) in [5, 5.41) is 20.0. The summed E-state index contributed by atoms with van der Waals surface area (Å²) in [6, 6.07) is 5.10. The zero-order valence-corrected chi connectivity index (χ0v) is 42.3. The molecular formula is C49H98N10O4. The molecule has 6 atom stereocenters. The first-order chi connectivity index (χ1) is 30.0. The molecule has 0 amide bonds. The van der Waals surface area contributed by atoms with Crippen LogP contribution in [0.2, 0.25) is 0 Å². The zero-order valence-electron chi connectivity index (χ0n) is 42.3. The van der Waals surface area contributed by atoms with Gasteiger partial charge in [0.2, 0.25) is 0 Å². The fourth-order valence-corrected chi connectivity index (χ4v) is 11.0. The van der Waals surface area contributed by atoms with Crippen molar-refractivity contribution in [1.82, 2.24) is 50.2 Å². The molecule has 9 rings (SSSR count). The summed E-state index contributed by atoms with van der Waals surface area (Å²) in [4.78, 5) is 29.1. The number of piperidine rings is 3. The van der Waals surface area contributed by atoms with Crippen molar-refractivity contribution in [1.29, 1.82) is 0 Å². The van der Waals surface area contributed by atoms with Crippen LogP contribution in [0.4, 0.5) is 0 Å². The van der Waals surface area contributed by atoms with Crippen LogP contribution in [0, 0.1) is 0 Å². The molecule has 0 aromatic heterocycles. The lowest BCUT2D eigenvalue weighted by molar-refractivity contribution is -0.124. The van der Waals surface area contributed by atoms with Crippen molar-refractivity contribution in [3.63, 3.8) is 0 Å². The maximum absolute atomic E-state index is 11.7. The van der Waals surface area contributed by atoms with Crippen LogP contribution < -0.4 is 16.0 Å². The third kappa shape index (κ3) is 16.1. The van der Waals surface area contributed by atoms with Gasteiger partial charge in [-0.2, -0.15) is 0 Å². The van der Waals surface area contributed by atoms with E-state index in [1.165, 1.54) is 58.7 Å². The second-order valence-corrected chi connectivity index (χ2v) is 21.6. The van der Waals surface area contributed by atoms with Crippen molar-refractivity contribution in [3.05, 3.63) is 0 Å². The zero-order chi connectivity index (χ0) is 45.7. The van der Waals surface area contributed by atoms with Crippen LogP contribution >= 0.6 is 0 Å². The number of carbonyl (C=O) groups excluding carboxylic acids is 1. The Morgan fingerprint density at radius 1 is 0.571 bits per heavy atom. The maximum atomic E-state index is 11.7. The molecule has 0 aromatic rings. The van der Waals surface area contributed by atoms with Crippen molar-refractivity contribution in [2.75, 3.05) is 132 Å². The number of nitrogens with zero attached hydrogens (tertiary/aromatic N) is 7.